The number of halogens is 1. The number of ether oxygens (including phenoxy) is 1. The highest BCUT2D eigenvalue weighted by molar-refractivity contribution is 7.92. The SMILES string of the molecule is COc1cccc(NS(=O)(=O)c2ccc3c(c2)CCCN3C(=O)c2cccc(Cl)c2)c1. The number of hydrogen-bond acceptors (Lipinski definition) is 4. The van der Waals surface area contributed by atoms with Gasteiger partial charge < -0.3 is 9.64 Å². The first-order chi connectivity index (χ1) is 14.9. The number of carbonyl (C=O) groups is 1. The number of benzene rings is 3. The van der Waals surface area contributed by atoms with Crippen LogP contribution in [0.3, 0.4) is 0 Å². The number of sulfonamides is 1. The van der Waals surface area contributed by atoms with Crippen molar-refractivity contribution >= 4 is 38.9 Å². The van der Waals surface area contributed by atoms with Gasteiger partial charge in [-0.25, -0.2) is 8.42 Å². The third kappa shape index (κ3) is 4.52. The molecule has 1 aliphatic rings. The van der Waals surface area contributed by atoms with Crippen LogP contribution in [0.15, 0.2) is 71.6 Å². The molecule has 0 bridgehead atoms. The molecular weight excluding hydrogens is 436 g/mol. The molecule has 1 aliphatic heterocycles. The van der Waals surface area contributed by atoms with Crippen molar-refractivity contribution in [2.45, 2.75) is 17.7 Å². The summed E-state index contributed by atoms with van der Waals surface area (Å²) in [7, 11) is -2.27. The molecule has 0 unspecified atom stereocenters. The van der Waals surface area contributed by atoms with Gasteiger partial charge in [0.1, 0.15) is 5.75 Å². The van der Waals surface area contributed by atoms with Crippen molar-refractivity contribution < 1.29 is 17.9 Å². The fourth-order valence-electron chi connectivity index (χ4n) is 3.63. The van der Waals surface area contributed by atoms with Crippen molar-refractivity contribution in [3.05, 3.63) is 82.9 Å². The summed E-state index contributed by atoms with van der Waals surface area (Å²) >= 11 is 6.03. The van der Waals surface area contributed by atoms with Crippen LogP contribution >= 0.6 is 11.6 Å². The van der Waals surface area contributed by atoms with Crippen LogP contribution in [0, 0.1) is 0 Å². The number of fused-ring (bicyclic) bond motifs is 1. The van der Waals surface area contributed by atoms with E-state index in [2.05, 4.69) is 4.72 Å². The molecule has 3 aromatic carbocycles. The monoisotopic (exact) mass is 456 g/mol. The van der Waals surface area contributed by atoms with E-state index in [1.807, 2.05) is 0 Å². The number of aryl methyl sites for hydroxylation is 1. The zero-order valence-corrected chi connectivity index (χ0v) is 18.4. The lowest BCUT2D eigenvalue weighted by molar-refractivity contribution is 0.0985. The standard InChI is InChI=1S/C23H21ClN2O4S/c1-30-20-9-3-8-19(15-20)25-31(28,29)21-10-11-22-16(14-21)6-4-12-26(22)23(27)17-5-2-7-18(24)13-17/h2-3,5,7-11,13-15,25H,4,6,12H2,1H3. The van der Waals surface area contributed by atoms with Gasteiger partial charge in [-0.2, -0.15) is 0 Å². The van der Waals surface area contributed by atoms with Crippen LogP contribution in [0.4, 0.5) is 11.4 Å². The van der Waals surface area contributed by atoms with Crippen molar-refractivity contribution in [2.24, 2.45) is 0 Å². The number of anilines is 2. The summed E-state index contributed by atoms with van der Waals surface area (Å²) in [6.07, 6.45) is 1.43. The first-order valence-corrected chi connectivity index (χ1v) is 11.6. The van der Waals surface area contributed by atoms with Gasteiger partial charge in [0, 0.05) is 28.9 Å². The summed E-state index contributed by atoms with van der Waals surface area (Å²) in [6.45, 7) is 0.562. The summed E-state index contributed by atoms with van der Waals surface area (Å²) < 4.78 is 33.6. The van der Waals surface area contributed by atoms with Gasteiger partial charge in [0.25, 0.3) is 15.9 Å². The Labute approximate surface area is 186 Å². The second kappa shape index (κ2) is 8.61. The predicted molar refractivity (Wildman–Crippen MR) is 122 cm³/mol. The normalized spacial score (nSPS) is 13.4. The van der Waals surface area contributed by atoms with Gasteiger partial charge in [-0.3, -0.25) is 9.52 Å². The first kappa shape index (κ1) is 21.2. The average Bonchev–Trinajstić information content (AvgIpc) is 2.77. The first-order valence-electron chi connectivity index (χ1n) is 9.74. The fourth-order valence-corrected chi connectivity index (χ4v) is 4.92. The van der Waals surface area contributed by atoms with Crippen molar-refractivity contribution in [3.8, 4) is 5.75 Å². The Morgan fingerprint density at radius 1 is 1.06 bits per heavy atom. The Hall–Kier alpha value is -3.03. The van der Waals surface area contributed by atoms with Gasteiger partial charge >= 0.3 is 0 Å². The molecule has 0 saturated heterocycles. The Balaban J connectivity index is 1.62. The molecule has 0 atom stereocenters. The lowest BCUT2D eigenvalue weighted by Crippen LogP contribution is -2.35. The maximum atomic E-state index is 13.0. The van der Waals surface area contributed by atoms with Gasteiger partial charge in [-0.05, 0) is 66.9 Å². The Bertz CT molecular complexity index is 1240. The summed E-state index contributed by atoms with van der Waals surface area (Å²) in [5.41, 5.74) is 2.44. The summed E-state index contributed by atoms with van der Waals surface area (Å²) in [4.78, 5) is 14.8. The summed E-state index contributed by atoms with van der Waals surface area (Å²) in [5, 5.41) is 0.494. The zero-order valence-electron chi connectivity index (χ0n) is 16.8. The van der Waals surface area contributed by atoms with Crippen molar-refractivity contribution in [1.29, 1.82) is 0 Å². The van der Waals surface area contributed by atoms with Crippen LogP contribution in [0.25, 0.3) is 0 Å². The third-order valence-corrected chi connectivity index (χ3v) is 6.73. The molecule has 8 heteroatoms. The van der Waals surface area contributed by atoms with E-state index < -0.39 is 10.0 Å². The number of methoxy groups -OCH3 is 1. The molecule has 0 radical (unpaired) electrons. The molecule has 0 aromatic heterocycles. The van der Waals surface area contributed by atoms with Crippen LogP contribution in [-0.2, 0) is 16.4 Å². The van der Waals surface area contributed by atoms with Crippen LogP contribution in [-0.4, -0.2) is 28.0 Å². The van der Waals surface area contributed by atoms with Gasteiger partial charge in [0.05, 0.1) is 17.7 Å². The number of amides is 1. The average molecular weight is 457 g/mol. The summed E-state index contributed by atoms with van der Waals surface area (Å²) in [6, 6.07) is 18.4. The van der Waals surface area contributed by atoms with E-state index in [0.717, 1.165) is 17.7 Å². The van der Waals surface area contributed by atoms with Crippen LogP contribution in [0.1, 0.15) is 22.3 Å². The van der Waals surface area contributed by atoms with E-state index in [9.17, 15) is 13.2 Å². The van der Waals surface area contributed by atoms with E-state index in [0.29, 0.717) is 35.0 Å². The van der Waals surface area contributed by atoms with Gasteiger partial charge in [0.15, 0.2) is 0 Å². The lowest BCUT2D eigenvalue weighted by Gasteiger charge is -2.30. The molecule has 3 aromatic rings. The second-order valence-electron chi connectivity index (χ2n) is 7.20. The Morgan fingerprint density at radius 2 is 1.87 bits per heavy atom. The Kier molecular flexibility index (Phi) is 5.89. The quantitative estimate of drug-likeness (QED) is 0.601. The molecule has 1 N–H and O–H groups in total. The number of nitrogens with zero attached hydrogens (tertiary/aromatic N) is 1. The molecule has 1 heterocycles. The topological polar surface area (TPSA) is 75.7 Å². The maximum absolute atomic E-state index is 13.0. The predicted octanol–water partition coefficient (Wildman–Crippen LogP) is 4.74. The molecular formula is C23H21ClN2O4S. The van der Waals surface area contributed by atoms with E-state index in [1.54, 1.807) is 65.6 Å². The molecule has 6 nitrogen and oxygen atoms in total. The number of carbonyl (C=O) groups excluding carboxylic acids is 1. The van der Waals surface area contributed by atoms with Crippen molar-refractivity contribution in [2.75, 3.05) is 23.3 Å². The molecule has 160 valence electrons. The molecule has 0 aliphatic carbocycles. The summed E-state index contributed by atoms with van der Waals surface area (Å²) in [5.74, 6) is 0.398. The van der Waals surface area contributed by atoms with E-state index in [-0.39, 0.29) is 10.8 Å². The molecule has 31 heavy (non-hydrogen) atoms. The highest BCUT2D eigenvalue weighted by Crippen LogP contribution is 2.31. The van der Waals surface area contributed by atoms with Crippen LogP contribution in [0.5, 0.6) is 5.75 Å². The highest BCUT2D eigenvalue weighted by Gasteiger charge is 2.26. The number of nitrogens with one attached hydrogen (secondary N) is 1. The van der Waals surface area contributed by atoms with Crippen LogP contribution in [0.2, 0.25) is 5.02 Å². The fraction of sp³-hybridized carbons (Fsp3) is 0.174. The van der Waals surface area contributed by atoms with E-state index >= 15 is 0 Å². The molecule has 1 amide bonds. The van der Waals surface area contributed by atoms with Crippen molar-refractivity contribution in [3.63, 3.8) is 0 Å². The van der Waals surface area contributed by atoms with Crippen LogP contribution < -0.4 is 14.4 Å². The largest absolute Gasteiger partial charge is 0.497 e. The minimum absolute atomic E-state index is 0.145. The van der Waals surface area contributed by atoms with Crippen molar-refractivity contribution in [1.82, 2.24) is 0 Å². The number of hydrogen-bond donors (Lipinski definition) is 1. The zero-order chi connectivity index (χ0) is 22.0. The van der Waals surface area contributed by atoms with Gasteiger partial charge in [0.2, 0.25) is 0 Å². The second-order valence-corrected chi connectivity index (χ2v) is 9.32. The smallest absolute Gasteiger partial charge is 0.261 e. The number of rotatable bonds is 5. The third-order valence-electron chi connectivity index (χ3n) is 5.12. The maximum Gasteiger partial charge on any atom is 0.261 e. The molecule has 0 spiro atoms. The highest BCUT2D eigenvalue weighted by atomic mass is 35.5. The van der Waals surface area contributed by atoms with E-state index in [4.69, 9.17) is 16.3 Å². The minimum Gasteiger partial charge on any atom is -0.497 e. The molecule has 0 fully saturated rings. The molecule has 4 rings (SSSR count). The van der Waals surface area contributed by atoms with E-state index in [1.165, 1.54) is 13.2 Å². The van der Waals surface area contributed by atoms with Gasteiger partial charge in [-0.1, -0.05) is 23.7 Å². The minimum atomic E-state index is -3.79. The Morgan fingerprint density at radius 3 is 2.65 bits per heavy atom. The lowest BCUT2D eigenvalue weighted by atomic mass is 10.0. The molecule has 0 saturated carbocycles. The van der Waals surface area contributed by atoms with Gasteiger partial charge in [-0.15, -0.1) is 0 Å².